The van der Waals surface area contributed by atoms with Gasteiger partial charge in [0.25, 0.3) is 5.91 Å². The molecule has 2 heterocycles. The fraction of sp³-hybridized carbons (Fsp3) is 0.381. The Morgan fingerprint density at radius 2 is 1.63 bits per heavy atom. The van der Waals surface area contributed by atoms with Crippen LogP contribution >= 0.6 is 0 Å². The number of carbonyl (C=O) groups excluding carboxylic acids is 3. The molecule has 0 unspecified atom stereocenters. The second kappa shape index (κ2) is 8.66. The predicted octanol–water partition coefficient (Wildman–Crippen LogP) is 3.71. The minimum absolute atomic E-state index is 0.0145. The number of esters is 1. The van der Waals surface area contributed by atoms with Crippen LogP contribution in [0.2, 0.25) is 0 Å². The van der Waals surface area contributed by atoms with E-state index in [1.807, 2.05) is 0 Å². The molecule has 0 spiro atoms. The van der Waals surface area contributed by atoms with Crippen molar-refractivity contribution in [3.63, 3.8) is 0 Å². The summed E-state index contributed by atoms with van der Waals surface area (Å²) in [5, 5.41) is 0. The zero-order valence-electron chi connectivity index (χ0n) is 15.4. The number of Topliss-reactive ketones (excluding diaryl/α,β-unsaturated/α-hetero) is 1. The number of ketones is 1. The van der Waals surface area contributed by atoms with E-state index in [4.69, 9.17) is 9.15 Å². The van der Waals surface area contributed by atoms with Crippen LogP contribution in [0, 0.1) is 0 Å². The molecule has 1 fully saturated rings. The zero-order valence-corrected chi connectivity index (χ0v) is 15.4. The van der Waals surface area contributed by atoms with Crippen LogP contribution in [0.1, 0.15) is 53.5 Å². The van der Waals surface area contributed by atoms with E-state index < -0.39 is 5.97 Å². The normalized spacial score (nSPS) is 14.5. The van der Waals surface area contributed by atoms with Crippen molar-refractivity contribution < 1.29 is 23.5 Å². The zero-order chi connectivity index (χ0) is 19.2. The number of carbonyl (C=O) groups is 3. The molecule has 0 bridgehead atoms. The molecule has 1 saturated heterocycles. The number of rotatable bonds is 5. The van der Waals surface area contributed by atoms with Gasteiger partial charge in [-0.3, -0.25) is 9.59 Å². The van der Waals surface area contributed by atoms with Gasteiger partial charge in [-0.1, -0.05) is 37.1 Å². The van der Waals surface area contributed by atoms with Gasteiger partial charge in [0.15, 0.2) is 12.4 Å². The Bertz CT molecular complexity index is 813. The second-order valence-electron chi connectivity index (χ2n) is 6.67. The van der Waals surface area contributed by atoms with E-state index in [-0.39, 0.29) is 24.1 Å². The molecule has 142 valence electrons. The average Bonchev–Trinajstić information content (AvgIpc) is 3.01. The first-order chi connectivity index (χ1) is 13.0. The van der Waals surface area contributed by atoms with E-state index in [1.54, 1.807) is 35.2 Å². The molecule has 1 aromatic heterocycles. The van der Waals surface area contributed by atoms with Crippen LogP contribution in [0.3, 0.4) is 0 Å². The third-order valence-electron chi connectivity index (χ3n) is 4.67. The van der Waals surface area contributed by atoms with Crippen LogP contribution < -0.4 is 0 Å². The van der Waals surface area contributed by atoms with Gasteiger partial charge in [-0.2, -0.15) is 0 Å². The van der Waals surface area contributed by atoms with E-state index in [9.17, 15) is 14.4 Å². The second-order valence-corrected chi connectivity index (χ2v) is 6.67. The Hall–Kier alpha value is -2.89. The van der Waals surface area contributed by atoms with Crippen molar-refractivity contribution in [1.29, 1.82) is 0 Å². The number of likely N-dealkylation sites (tertiary alicyclic amines) is 1. The molecule has 0 aliphatic carbocycles. The Morgan fingerprint density at radius 1 is 0.963 bits per heavy atom. The monoisotopic (exact) mass is 369 g/mol. The van der Waals surface area contributed by atoms with Crippen LogP contribution in [0.15, 0.2) is 40.8 Å². The SMILES string of the molecule is CC(=O)c1ccc(-c2ccc(C(=O)OCC(=O)N3CCCCCC3)o2)cc1. The van der Waals surface area contributed by atoms with Gasteiger partial charge in [-0.15, -0.1) is 0 Å². The van der Waals surface area contributed by atoms with Gasteiger partial charge < -0.3 is 14.1 Å². The molecular weight excluding hydrogens is 346 g/mol. The molecule has 2 aromatic rings. The van der Waals surface area contributed by atoms with Crippen molar-refractivity contribution in [2.75, 3.05) is 19.7 Å². The molecule has 1 aromatic carbocycles. The third kappa shape index (κ3) is 4.84. The van der Waals surface area contributed by atoms with E-state index in [0.29, 0.717) is 11.3 Å². The summed E-state index contributed by atoms with van der Waals surface area (Å²) in [5.74, 6) is -0.304. The first-order valence-corrected chi connectivity index (χ1v) is 9.21. The number of furan rings is 1. The minimum atomic E-state index is -0.662. The van der Waals surface area contributed by atoms with Gasteiger partial charge in [0, 0.05) is 24.2 Å². The molecule has 1 aliphatic heterocycles. The Kier molecular flexibility index (Phi) is 6.06. The summed E-state index contributed by atoms with van der Waals surface area (Å²) in [6.45, 7) is 2.67. The highest BCUT2D eigenvalue weighted by Crippen LogP contribution is 2.23. The Labute approximate surface area is 158 Å². The Balaban J connectivity index is 1.58. The first kappa shape index (κ1) is 18.9. The summed E-state index contributed by atoms with van der Waals surface area (Å²) in [7, 11) is 0. The molecule has 0 radical (unpaired) electrons. The average molecular weight is 369 g/mol. The lowest BCUT2D eigenvalue weighted by atomic mass is 10.1. The van der Waals surface area contributed by atoms with Gasteiger partial charge in [-0.25, -0.2) is 4.79 Å². The van der Waals surface area contributed by atoms with Crippen molar-refractivity contribution in [1.82, 2.24) is 4.90 Å². The highest BCUT2D eigenvalue weighted by atomic mass is 16.5. The fourth-order valence-corrected chi connectivity index (χ4v) is 3.08. The molecule has 0 saturated carbocycles. The summed E-state index contributed by atoms with van der Waals surface area (Å²) in [5.41, 5.74) is 1.36. The fourth-order valence-electron chi connectivity index (χ4n) is 3.08. The molecule has 1 amide bonds. The molecule has 6 heteroatoms. The largest absolute Gasteiger partial charge is 0.450 e. The topological polar surface area (TPSA) is 76.8 Å². The van der Waals surface area contributed by atoms with Crippen molar-refractivity contribution in [2.24, 2.45) is 0 Å². The van der Waals surface area contributed by atoms with Crippen molar-refractivity contribution in [2.45, 2.75) is 32.6 Å². The molecule has 0 N–H and O–H groups in total. The first-order valence-electron chi connectivity index (χ1n) is 9.21. The van der Waals surface area contributed by atoms with Gasteiger partial charge in [0.1, 0.15) is 5.76 Å². The smallest absolute Gasteiger partial charge is 0.374 e. The maximum atomic E-state index is 12.2. The standard InChI is InChI=1S/C21H23NO5/c1-15(23)16-6-8-17(9-7-16)18-10-11-19(27-18)21(25)26-14-20(24)22-12-4-2-3-5-13-22/h6-11H,2-5,12-14H2,1H3. The summed E-state index contributed by atoms with van der Waals surface area (Å²) in [6, 6.07) is 10.1. The minimum Gasteiger partial charge on any atom is -0.450 e. The van der Waals surface area contributed by atoms with Gasteiger partial charge in [-0.05, 0) is 31.9 Å². The van der Waals surface area contributed by atoms with E-state index in [0.717, 1.165) is 44.3 Å². The summed E-state index contributed by atoms with van der Waals surface area (Å²) in [6.07, 6.45) is 4.24. The lowest BCUT2D eigenvalue weighted by molar-refractivity contribution is -0.134. The molecule has 0 atom stereocenters. The maximum absolute atomic E-state index is 12.2. The number of hydrogen-bond acceptors (Lipinski definition) is 5. The summed E-state index contributed by atoms with van der Waals surface area (Å²) in [4.78, 5) is 37.4. The van der Waals surface area contributed by atoms with Crippen LogP contribution in [0.4, 0.5) is 0 Å². The Morgan fingerprint density at radius 3 is 2.26 bits per heavy atom. The number of benzene rings is 1. The summed E-state index contributed by atoms with van der Waals surface area (Å²) < 4.78 is 10.7. The van der Waals surface area contributed by atoms with Gasteiger partial charge >= 0.3 is 5.97 Å². The van der Waals surface area contributed by atoms with Crippen LogP contribution in [0.25, 0.3) is 11.3 Å². The van der Waals surface area contributed by atoms with Crippen molar-refractivity contribution in [3.8, 4) is 11.3 Å². The van der Waals surface area contributed by atoms with E-state index >= 15 is 0 Å². The number of amides is 1. The molecule has 6 nitrogen and oxygen atoms in total. The van der Waals surface area contributed by atoms with Crippen molar-refractivity contribution in [3.05, 3.63) is 47.7 Å². The van der Waals surface area contributed by atoms with Crippen LogP contribution in [0.5, 0.6) is 0 Å². The van der Waals surface area contributed by atoms with Gasteiger partial charge in [0.2, 0.25) is 5.76 Å². The number of nitrogens with zero attached hydrogens (tertiary/aromatic N) is 1. The quantitative estimate of drug-likeness (QED) is 0.593. The van der Waals surface area contributed by atoms with E-state index in [2.05, 4.69) is 0 Å². The maximum Gasteiger partial charge on any atom is 0.374 e. The molecule has 27 heavy (non-hydrogen) atoms. The predicted molar refractivity (Wildman–Crippen MR) is 99.5 cm³/mol. The van der Waals surface area contributed by atoms with E-state index in [1.165, 1.54) is 13.0 Å². The summed E-state index contributed by atoms with van der Waals surface area (Å²) >= 11 is 0. The highest BCUT2D eigenvalue weighted by molar-refractivity contribution is 5.94. The lowest BCUT2D eigenvalue weighted by Crippen LogP contribution is -2.35. The third-order valence-corrected chi connectivity index (χ3v) is 4.67. The molecule has 1 aliphatic rings. The lowest BCUT2D eigenvalue weighted by Gasteiger charge is -2.19. The van der Waals surface area contributed by atoms with Crippen molar-refractivity contribution >= 4 is 17.7 Å². The number of ether oxygens (including phenoxy) is 1. The van der Waals surface area contributed by atoms with Crippen LogP contribution in [-0.2, 0) is 9.53 Å². The highest BCUT2D eigenvalue weighted by Gasteiger charge is 2.19. The van der Waals surface area contributed by atoms with Gasteiger partial charge in [0.05, 0.1) is 0 Å². The molecule has 3 rings (SSSR count). The molecular formula is C21H23NO5. The number of hydrogen-bond donors (Lipinski definition) is 0. The van der Waals surface area contributed by atoms with Crippen LogP contribution in [-0.4, -0.2) is 42.3 Å².